The fourth-order valence-corrected chi connectivity index (χ4v) is 0.504. The number of aliphatic hydroxyl groups excluding tert-OH is 2. The van der Waals surface area contributed by atoms with Gasteiger partial charge in [-0.25, -0.2) is 0 Å². The molecule has 0 unspecified atom stereocenters. The third-order valence-electron chi connectivity index (χ3n) is 1.09. The first-order chi connectivity index (χ1) is 5.90. The summed E-state index contributed by atoms with van der Waals surface area (Å²) in [5, 5.41) is 28.5. The topological polar surface area (TPSA) is 80.1 Å². The van der Waals surface area contributed by atoms with Gasteiger partial charge in [-0.05, 0) is 13.8 Å². The molecule has 0 saturated carbocycles. The van der Waals surface area contributed by atoms with Crippen LogP contribution in [0.15, 0.2) is 12.3 Å². The maximum atomic E-state index is 9.33. The van der Waals surface area contributed by atoms with E-state index in [0.29, 0.717) is 12.6 Å². The van der Waals surface area contributed by atoms with Gasteiger partial charge >= 0.3 is 0 Å². The van der Waals surface area contributed by atoms with Crippen molar-refractivity contribution in [3.63, 3.8) is 0 Å². The SMILES string of the molecule is C=C(C)[O-].CC(C)[NH2+]C[C@H](O)CO. The second-order valence-corrected chi connectivity index (χ2v) is 3.25. The molecule has 0 saturated heterocycles. The molecule has 0 fully saturated rings. The van der Waals surface area contributed by atoms with Crippen LogP contribution in [0, 0.1) is 0 Å². The lowest BCUT2D eigenvalue weighted by Gasteiger charge is -2.07. The van der Waals surface area contributed by atoms with Crippen LogP contribution in [0.1, 0.15) is 20.8 Å². The van der Waals surface area contributed by atoms with Crippen molar-refractivity contribution in [2.75, 3.05) is 13.2 Å². The molecule has 0 aromatic rings. The van der Waals surface area contributed by atoms with E-state index in [1.165, 1.54) is 6.92 Å². The number of aliphatic hydroxyl groups is 2. The van der Waals surface area contributed by atoms with Crippen molar-refractivity contribution in [2.24, 2.45) is 0 Å². The monoisotopic (exact) mass is 191 g/mol. The Morgan fingerprint density at radius 3 is 2.15 bits per heavy atom. The minimum Gasteiger partial charge on any atom is -0.876 e. The van der Waals surface area contributed by atoms with E-state index in [1.54, 1.807) is 0 Å². The molecule has 0 bridgehead atoms. The Labute approximate surface area is 79.9 Å². The van der Waals surface area contributed by atoms with Crippen LogP contribution in [0.4, 0.5) is 0 Å². The van der Waals surface area contributed by atoms with Crippen LogP contribution in [0.3, 0.4) is 0 Å². The van der Waals surface area contributed by atoms with Crippen molar-refractivity contribution in [1.82, 2.24) is 0 Å². The maximum absolute atomic E-state index is 9.33. The maximum Gasteiger partial charge on any atom is 0.126 e. The number of hydrogen-bond donors (Lipinski definition) is 3. The van der Waals surface area contributed by atoms with E-state index in [-0.39, 0.29) is 12.4 Å². The molecule has 0 aliphatic rings. The molecular formula is C9H21NO3. The van der Waals surface area contributed by atoms with Crippen molar-refractivity contribution in [2.45, 2.75) is 32.9 Å². The van der Waals surface area contributed by atoms with Crippen LogP contribution >= 0.6 is 0 Å². The van der Waals surface area contributed by atoms with E-state index in [0.717, 1.165) is 0 Å². The van der Waals surface area contributed by atoms with Crippen molar-refractivity contribution < 1.29 is 20.6 Å². The van der Waals surface area contributed by atoms with Gasteiger partial charge in [0.1, 0.15) is 12.6 Å². The largest absolute Gasteiger partial charge is 0.876 e. The first-order valence-corrected chi connectivity index (χ1v) is 4.34. The van der Waals surface area contributed by atoms with Gasteiger partial charge in [0.05, 0.1) is 12.6 Å². The van der Waals surface area contributed by atoms with E-state index >= 15 is 0 Å². The first kappa shape index (κ1) is 14.9. The number of quaternary nitrogens is 1. The van der Waals surface area contributed by atoms with Gasteiger partial charge in [0.25, 0.3) is 0 Å². The van der Waals surface area contributed by atoms with Gasteiger partial charge < -0.3 is 20.6 Å². The molecule has 0 heterocycles. The molecular weight excluding hydrogens is 170 g/mol. The number of nitrogens with two attached hydrogens (primary N) is 1. The van der Waals surface area contributed by atoms with Gasteiger partial charge in [-0.3, -0.25) is 0 Å². The fraction of sp³-hybridized carbons (Fsp3) is 0.778. The van der Waals surface area contributed by atoms with E-state index in [9.17, 15) is 5.11 Å². The highest BCUT2D eigenvalue weighted by Crippen LogP contribution is 1.71. The minimum absolute atomic E-state index is 0.0833. The molecule has 4 heteroatoms. The predicted octanol–water partition coefficient (Wildman–Crippen LogP) is -1.81. The molecule has 0 rings (SSSR count). The Morgan fingerprint density at radius 1 is 1.54 bits per heavy atom. The third kappa shape index (κ3) is 24.6. The Bertz CT molecular complexity index is 122. The molecule has 13 heavy (non-hydrogen) atoms. The van der Waals surface area contributed by atoms with Gasteiger partial charge in [0.2, 0.25) is 0 Å². The molecule has 0 aliphatic heterocycles. The summed E-state index contributed by atoms with van der Waals surface area (Å²) in [6.07, 6.45) is -0.563. The third-order valence-corrected chi connectivity index (χ3v) is 1.09. The zero-order chi connectivity index (χ0) is 10.9. The minimum atomic E-state index is -0.563. The molecule has 1 atom stereocenters. The summed E-state index contributed by atoms with van der Waals surface area (Å²) in [6.45, 7) is 8.96. The summed E-state index contributed by atoms with van der Waals surface area (Å²) in [7, 11) is 0. The molecule has 4 N–H and O–H groups in total. The average molecular weight is 191 g/mol. The second-order valence-electron chi connectivity index (χ2n) is 3.25. The van der Waals surface area contributed by atoms with Crippen LogP contribution in [0.25, 0.3) is 0 Å². The summed E-state index contributed by atoms with van der Waals surface area (Å²) < 4.78 is 0. The van der Waals surface area contributed by atoms with Gasteiger partial charge in [0, 0.05) is 0 Å². The molecule has 0 amide bonds. The molecule has 0 aromatic heterocycles. The number of rotatable bonds is 4. The highest BCUT2D eigenvalue weighted by atomic mass is 16.3. The number of allylic oxidation sites excluding steroid dienone is 1. The zero-order valence-electron chi connectivity index (χ0n) is 8.66. The van der Waals surface area contributed by atoms with Crippen LogP contribution in [-0.2, 0) is 0 Å². The highest BCUT2D eigenvalue weighted by Gasteiger charge is 2.04. The van der Waals surface area contributed by atoms with Gasteiger partial charge in [-0.15, -0.1) is 12.3 Å². The Kier molecular flexibility index (Phi) is 10.9. The van der Waals surface area contributed by atoms with Crippen molar-refractivity contribution >= 4 is 0 Å². The summed E-state index contributed by atoms with van der Waals surface area (Å²) in [4.78, 5) is 0. The second kappa shape index (κ2) is 9.51. The molecule has 0 aromatic carbocycles. The van der Waals surface area contributed by atoms with Crippen LogP contribution < -0.4 is 10.4 Å². The Hall–Kier alpha value is -0.580. The first-order valence-electron chi connectivity index (χ1n) is 4.34. The average Bonchev–Trinajstić information content (AvgIpc) is 1.99. The molecule has 0 spiro atoms. The molecule has 0 radical (unpaired) electrons. The van der Waals surface area contributed by atoms with Crippen LogP contribution in [0.5, 0.6) is 0 Å². The van der Waals surface area contributed by atoms with Crippen molar-refractivity contribution in [3.8, 4) is 0 Å². The van der Waals surface area contributed by atoms with Crippen LogP contribution in [-0.4, -0.2) is 35.5 Å². The zero-order valence-corrected chi connectivity index (χ0v) is 8.66. The van der Waals surface area contributed by atoms with Crippen molar-refractivity contribution in [3.05, 3.63) is 12.3 Å². The van der Waals surface area contributed by atoms with E-state index in [1.807, 2.05) is 19.2 Å². The predicted molar refractivity (Wildman–Crippen MR) is 49.8 cm³/mol. The standard InChI is InChI=1S/C6H15NO2.C3H6O/c1-5(2)7-3-6(9)4-8;1-3(2)4/h5-9H,3-4H2,1-2H3;4H,1H2,2H3/t6-;/m0./s1. The van der Waals surface area contributed by atoms with Gasteiger partial charge in [-0.2, -0.15) is 0 Å². The summed E-state index contributed by atoms with van der Waals surface area (Å²) >= 11 is 0. The lowest BCUT2D eigenvalue weighted by Crippen LogP contribution is -2.90. The Morgan fingerprint density at radius 2 is 1.92 bits per heavy atom. The fourth-order valence-electron chi connectivity index (χ4n) is 0.504. The highest BCUT2D eigenvalue weighted by molar-refractivity contribution is 4.64. The van der Waals surface area contributed by atoms with E-state index in [4.69, 9.17) is 10.2 Å². The van der Waals surface area contributed by atoms with Crippen LogP contribution in [0.2, 0.25) is 0 Å². The summed E-state index contributed by atoms with van der Waals surface area (Å²) in [6, 6.07) is 0.492. The van der Waals surface area contributed by atoms with Gasteiger partial charge in [-0.1, -0.05) is 6.92 Å². The van der Waals surface area contributed by atoms with Gasteiger partial charge in [0.15, 0.2) is 0 Å². The molecule has 4 nitrogen and oxygen atoms in total. The van der Waals surface area contributed by atoms with E-state index < -0.39 is 6.10 Å². The quantitative estimate of drug-likeness (QED) is 0.458. The molecule has 0 aliphatic carbocycles. The molecule has 80 valence electrons. The van der Waals surface area contributed by atoms with Crippen molar-refractivity contribution in [1.29, 1.82) is 0 Å². The normalized spacial score (nSPS) is 11.8. The smallest absolute Gasteiger partial charge is 0.126 e. The summed E-state index contributed by atoms with van der Waals surface area (Å²) in [5.41, 5.74) is 0. The van der Waals surface area contributed by atoms with E-state index in [2.05, 4.69) is 6.58 Å². The lowest BCUT2D eigenvalue weighted by atomic mass is 10.3. The summed E-state index contributed by atoms with van der Waals surface area (Å²) in [5.74, 6) is -0.0833. The Balaban J connectivity index is 0. The number of hydrogen-bond acceptors (Lipinski definition) is 3. The lowest BCUT2D eigenvalue weighted by molar-refractivity contribution is -0.688.